The van der Waals surface area contributed by atoms with Gasteiger partial charge in [-0.2, -0.15) is 0 Å². The van der Waals surface area contributed by atoms with E-state index in [0.717, 1.165) is 5.69 Å². The van der Waals surface area contributed by atoms with E-state index in [0.29, 0.717) is 16.5 Å². The van der Waals surface area contributed by atoms with Crippen LogP contribution in [0.2, 0.25) is 5.02 Å². The number of rotatable bonds is 4. The summed E-state index contributed by atoms with van der Waals surface area (Å²) in [5, 5.41) is 3.61. The Morgan fingerprint density at radius 3 is 2.44 bits per heavy atom. The van der Waals surface area contributed by atoms with Crippen LogP contribution in [0.3, 0.4) is 0 Å². The number of benzene rings is 1. The molecule has 3 nitrogen and oxygen atoms in total. The van der Waals surface area contributed by atoms with Gasteiger partial charge in [-0.05, 0) is 6.92 Å². The third-order valence-corrected chi connectivity index (χ3v) is 2.39. The third-order valence-electron chi connectivity index (χ3n) is 2.10. The normalized spacial score (nSPS) is 11.4. The summed E-state index contributed by atoms with van der Waals surface area (Å²) in [6, 6.07) is 3.35. The van der Waals surface area contributed by atoms with Crippen molar-refractivity contribution in [2.45, 2.75) is 13.0 Å². The molecule has 1 aromatic rings. The van der Waals surface area contributed by atoms with Crippen molar-refractivity contribution in [3.05, 3.63) is 17.2 Å². The molecule has 0 amide bonds. The molecule has 0 heterocycles. The van der Waals surface area contributed by atoms with Crippen LogP contribution in [0, 0.1) is 12.3 Å². The van der Waals surface area contributed by atoms with Crippen molar-refractivity contribution in [1.82, 2.24) is 0 Å². The monoisotopic (exact) mass is 239 g/mol. The minimum atomic E-state index is -0.0974. The highest BCUT2D eigenvalue weighted by atomic mass is 35.5. The van der Waals surface area contributed by atoms with Crippen LogP contribution in [-0.4, -0.2) is 20.3 Å². The number of methoxy groups -OCH3 is 2. The molecule has 4 heteroatoms. The van der Waals surface area contributed by atoms with Crippen LogP contribution >= 0.6 is 11.6 Å². The number of nitrogens with one attached hydrogen (secondary N) is 1. The molecule has 0 saturated heterocycles. The Labute approximate surface area is 101 Å². The largest absolute Gasteiger partial charge is 0.495 e. The van der Waals surface area contributed by atoms with Gasteiger partial charge in [0.1, 0.15) is 11.5 Å². The lowest BCUT2D eigenvalue weighted by molar-refractivity contribution is 0.404. The number of hydrogen-bond acceptors (Lipinski definition) is 3. The van der Waals surface area contributed by atoms with E-state index in [2.05, 4.69) is 11.2 Å². The van der Waals surface area contributed by atoms with Crippen LogP contribution in [-0.2, 0) is 0 Å². The lowest BCUT2D eigenvalue weighted by Crippen LogP contribution is -2.12. The van der Waals surface area contributed by atoms with Gasteiger partial charge in [0.25, 0.3) is 0 Å². The van der Waals surface area contributed by atoms with Crippen LogP contribution in [0.25, 0.3) is 0 Å². The summed E-state index contributed by atoms with van der Waals surface area (Å²) >= 11 is 5.98. The lowest BCUT2D eigenvalue weighted by Gasteiger charge is -2.15. The number of terminal acetylenes is 1. The molecule has 0 aliphatic carbocycles. The van der Waals surface area contributed by atoms with Crippen molar-refractivity contribution < 1.29 is 9.47 Å². The summed E-state index contributed by atoms with van der Waals surface area (Å²) in [7, 11) is 3.13. The Kier molecular flexibility index (Phi) is 4.33. The van der Waals surface area contributed by atoms with Crippen molar-refractivity contribution >= 4 is 17.3 Å². The van der Waals surface area contributed by atoms with E-state index in [4.69, 9.17) is 27.5 Å². The van der Waals surface area contributed by atoms with E-state index in [-0.39, 0.29) is 6.04 Å². The molecule has 1 aromatic carbocycles. The highest BCUT2D eigenvalue weighted by Crippen LogP contribution is 2.36. The first-order chi connectivity index (χ1) is 7.62. The summed E-state index contributed by atoms with van der Waals surface area (Å²) in [6.07, 6.45) is 5.30. The number of ether oxygens (including phenoxy) is 2. The van der Waals surface area contributed by atoms with E-state index in [1.54, 1.807) is 26.4 Å². The molecule has 0 aliphatic heterocycles. The first-order valence-corrected chi connectivity index (χ1v) is 5.14. The van der Waals surface area contributed by atoms with Crippen molar-refractivity contribution in [1.29, 1.82) is 0 Å². The molecular weight excluding hydrogens is 226 g/mol. The molecule has 1 rings (SSSR count). The molecule has 0 saturated carbocycles. The van der Waals surface area contributed by atoms with Crippen molar-refractivity contribution in [2.75, 3.05) is 19.5 Å². The maximum Gasteiger partial charge on any atom is 0.143 e. The standard InChI is InChI=1S/C12H14ClNO2/c1-5-8(2)14-10-7-11(15-3)9(13)6-12(10)16-4/h1,6-8,14H,2-4H3. The Morgan fingerprint density at radius 2 is 1.94 bits per heavy atom. The molecule has 0 bridgehead atoms. The van der Waals surface area contributed by atoms with Crippen LogP contribution in [0.5, 0.6) is 11.5 Å². The maximum absolute atomic E-state index is 5.98. The van der Waals surface area contributed by atoms with Gasteiger partial charge in [0.15, 0.2) is 0 Å². The molecule has 16 heavy (non-hydrogen) atoms. The molecular formula is C12H14ClNO2. The predicted molar refractivity (Wildman–Crippen MR) is 66.5 cm³/mol. The summed E-state index contributed by atoms with van der Waals surface area (Å²) in [5.74, 6) is 3.79. The van der Waals surface area contributed by atoms with Gasteiger partial charge < -0.3 is 14.8 Å². The van der Waals surface area contributed by atoms with E-state index in [1.165, 1.54) is 0 Å². The zero-order valence-corrected chi connectivity index (χ0v) is 10.3. The SMILES string of the molecule is C#CC(C)Nc1cc(OC)c(Cl)cc1OC. The maximum atomic E-state index is 5.98. The summed E-state index contributed by atoms with van der Waals surface area (Å²) in [5.41, 5.74) is 0.759. The second kappa shape index (κ2) is 5.53. The fourth-order valence-electron chi connectivity index (χ4n) is 1.25. The van der Waals surface area contributed by atoms with Gasteiger partial charge in [-0.1, -0.05) is 17.5 Å². The Balaban J connectivity index is 3.10. The average Bonchev–Trinajstić information content (AvgIpc) is 2.30. The van der Waals surface area contributed by atoms with Gasteiger partial charge in [0, 0.05) is 12.1 Å². The molecule has 0 fully saturated rings. The number of halogens is 1. The van der Waals surface area contributed by atoms with Gasteiger partial charge >= 0.3 is 0 Å². The first-order valence-electron chi connectivity index (χ1n) is 4.76. The zero-order chi connectivity index (χ0) is 12.1. The summed E-state index contributed by atoms with van der Waals surface area (Å²) in [4.78, 5) is 0. The van der Waals surface area contributed by atoms with E-state index in [1.807, 2.05) is 6.92 Å². The minimum Gasteiger partial charge on any atom is -0.495 e. The van der Waals surface area contributed by atoms with Crippen molar-refractivity contribution in [2.24, 2.45) is 0 Å². The van der Waals surface area contributed by atoms with E-state index >= 15 is 0 Å². The molecule has 0 aromatic heterocycles. The van der Waals surface area contributed by atoms with Gasteiger partial charge in [0.2, 0.25) is 0 Å². The molecule has 1 unspecified atom stereocenters. The summed E-state index contributed by atoms with van der Waals surface area (Å²) in [6.45, 7) is 1.88. The van der Waals surface area contributed by atoms with Gasteiger partial charge in [-0.25, -0.2) is 0 Å². The molecule has 0 aliphatic rings. The van der Waals surface area contributed by atoms with Gasteiger partial charge in [-0.15, -0.1) is 6.42 Å². The van der Waals surface area contributed by atoms with E-state index in [9.17, 15) is 0 Å². The van der Waals surface area contributed by atoms with Crippen LogP contribution < -0.4 is 14.8 Å². The highest BCUT2D eigenvalue weighted by Gasteiger charge is 2.10. The van der Waals surface area contributed by atoms with Gasteiger partial charge in [0.05, 0.1) is 31.0 Å². The third kappa shape index (κ3) is 2.74. The predicted octanol–water partition coefficient (Wildman–Crippen LogP) is 2.79. The average molecular weight is 240 g/mol. The van der Waals surface area contributed by atoms with Crippen LogP contribution in [0.15, 0.2) is 12.1 Å². The molecule has 0 radical (unpaired) electrons. The second-order valence-corrected chi connectivity index (χ2v) is 3.63. The van der Waals surface area contributed by atoms with Crippen LogP contribution in [0.4, 0.5) is 5.69 Å². The van der Waals surface area contributed by atoms with Crippen molar-refractivity contribution in [3.8, 4) is 23.8 Å². The Hall–Kier alpha value is -1.53. The number of anilines is 1. The lowest BCUT2D eigenvalue weighted by atomic mass is 10.2. The quantitative estimate of drug-likeness (QED) is 0.820. The fourth-order valence-corrected chi connectivity index (χ4v) is 1.48. The smallest absolute Gasteiger partial charge is 0.143 e. The molecule has 86 valence electrons. The minimum absolute atomic E-state index is 0.0974. The summed E-state index contributed by atoms with van der Waals surface area (Å²) < 4.78 is 10.3. The molecule has 1 N–H and O–H groups in total. The van der Waals surface area contributed by atoms with Gasteiger partial charge in [-0.3, -0.25) is 0 Å². The van der Waals surface area contributed by atoms with Crippen molar-refractivity contribution in [3.63, 3.8) is 0 Å². The second-order valence-electron chi connectivity index (χ2n) is 3.22. The van der Waals surface area contributed by atoms with E-state index < -0.39 is 0 Å². The van der Waals surface area contributed by atoms with Crippen LogP contribution in [0.1, 0.15) is 6.92 Å². The Morgan fingerprint density at radius 1 is 1.31 bits per heavy atom. The molecule has 0 spiro atoms. The first kappa shape index (κ1) is 12.5. The number of hydrogen-bond donors (Lipinski definition) is 1. The highest BCUT2D eigenvalue weighted by molar-refractivity contribution is 6.32. The topological polar surface area (TPSA) is 30.5 Å². The zero-order valence-electron chi connectivity index (χ0n) is 9.50. The Bertz CT molecular complexity index is 412. The fraction of sp³-hybridized carbons (Fsp3) is 0.333. The molecule has 1 atom stereocenters.